The van der Waals surface area contributed by atoms with Crippen molar-refractivity contribution in [2.75, 3.05) is 5.32 Å². The molecule has 2 nitrogen and oxygen atoms in total. The van der Waals surface area contributed by atoms with Crippen LogP contribution in [0.15, 0.2) is 22.8 Å². The van der Waals surface area contributed by atoms with Crippen LogP contribution in [0.5, 0.6) is 0 Å². The van der Waals surface area contributed by atoms with Gasteiger partial charge in [0.1, 0.15) is 5.82 Å². The summed E-state index contributed by atoms with van der Waals surface area (Å²) in [6, 6.07) is 4.60. The van der Waals surface area contributed by atoms with Gasteiger partial charge in [-0.15, -0.1) is 11.3 Å². The van der Waals surface area contributed by atoms with Gasteiger partial charge in [0.15, 0.2) is 0 Å². The van der Waals surface area contributed by atoms with Crippen LogP contribution in [0.4, 0.5) is 5.82 Å². The van der Waals surface area contributed by atoms with Gasteiger partial charge in [-0.25, -0.2) is 4.98 Å². The molecule has 0 saturated heterocycles. The molecule has 1 atom stereocenters. The monoisotopic (exact) mass is 324 g/mol. The Morgan fingerprint density at radius 3 is 2.56 bits per heavy atom. The number of nitrogens with zero attached hydrogens (tertiary/aromatic N) is 1. The van der Waals surface area contributed by atoms with E-state index >= 15 is 0 Å². The summed E-state index contributed by atoms with van der Waals surface area (Å²) < 4.78 is 1.04. The number of anilines is 1. The minimum absolute atomic E-state index is 0.281. The van der Waals surface area contributed by atoms with Gasteiger partial charge in [-0.1, -0.05) is 0 Å². The molecule has 0 spiro atoms. The Bertz CT molecular complexity index is 563. The van der Waals surface area contributed by atoms with Crippen LogP contribution >= 0.6 is 27.3 Å². The number of hydrogen-bond donors (Lipinski definition) is 1. The number of pyridine rings is 1. The van der Waals surface area contributed by atoms with Gasteiger partial charge in [0.25, 0.3) is 0 Å². The summed E-state index contributed by atoms with van der Waals surface area (Å²) >= 11 is 5.31. The predicted molar refractivity (Wildman–Crippen MR) is 82.5 cm³/mol. The Kier molecular flexibility index (Phi) is 4.07. The van der Waals surface area contributed by atoms with E-state index in [-0.39, 0.29) is 6.04 Å². The Labute approximate surface area is 121 Å². The van der Waals surface area contributed by atoms with Crippen molar-refractivity contribution >= 4 is 33.1 Å². The number of aryl methyl sites for hydroxylation is 3. The molecule has 0 bridgehead atoms. The molecule has 1 N–H and O–H groups in total. The minimum Gasteiger partial charge on any atom is -0.364 e. The predicted octanol–water partition coefficient (Wildman–Crippen LogP) is 5.00. The average Bonchev–Trinajstić information content (AvgIpc) is 2.63. The zero-order chi connectivity index (χ0) is 13.3. The van der Waals surface area contributed by atoms with Crippen LogP contribution in [-0.4, -0.2) is 4.98 Å². The lowest BCUT2D eigenvalue weighted by Crippen LogP contribution is -2.08. The van der Waals surface area contributed by atoms with Crippen molar-refractivity contribution < 1.29 is 0 Å². The summed E-state index contributed by atoms with van der Waals surface area (Å²) in [5.74, 6) is 0.923. The molecule has 0 amide bonds. The molecule has 2 heterocycles. The zero-order valence-corrected chi connectivity index (χ0v) is 13.4. The van der Waals surface area contributed by atoms with Gasteiger partial charge >= 0.3 is 0 Å². The fourth-order valence-electron chi connectivity index (χ4n) is 2.00. The van der Waals surface area contributed by atoms with Crippen molar-refractivity contribution in [2.24, 2.45) is 0 Å². The Morgan fingerprint density at radius 2 is 2.00 bits per heavy atom. The van der Waals surface area contributed by atoms with E-state index < -0.39 is 0 Å². The highest BCUT2D eigenvalue weighted by atomic mass is 79.9. The van der Waals surface area contributed by atoms with Crippen molar-refractivity contribution in [3.05, 3.63) is 43.7 Å². The van der Waals surface area contributed by atoms with Crippen molar-refractivity contribution in [2.45, 2.75) is 33.7 Å². The normalized spacial score (nSPS) is 12.5. The average molecular weight is 325 g/mol. The van der Waals surface area contributed by atoms with Gasteiger partial charge in [0.2, 0.25) is 0 Å². The summed E-state index contributed by atoms with van der Waals surface area (Å²) in [5, 5.41) is 3.46. The van der Waals surface area contributed by atoms with Crippen molar-refractivity contribution in [1.82, 2.24) is 4.98 Å². The van der Waals surface area contributed by atoms with Gasteiger partial charge in [-0.05, 0) is 66.9 Å². The van der Waals surface area contributed by atoms with Gasteiger partial charge in [0.05, 0.1) is 6.04 Å². The van der Waals surface area contributed by atoms with Gasteiger partial charge in [-0.3, -0.25) is 0 Å². The Balaban J connectivity index is 2.18. The van der Waals surface area contributed by atoms with E-state index in [1.54, 1.807) is 0 Å². The van der Waals surface area contributed by atoms with E-state index in [1.165, 1.54) is 20.9 Å². The lowest BCUT2D eigenvalue weighted by molar-refractivity contribution is 0.871. The van der Waals surface area contributed by atoms with Gasteiger partial charge in [0, 0.05) is 20.4 Å². The number of aromatic nitrogens is 1. The van der Waals surface area contributed by atoms with Crippen LogP contribution in [0.2, 0.25) is 0 Å². The minimum atomic E-state index is 0.281. The second-order valence-electron chi connectivity index (χ2n) is 4.55. The summed E-state index contributed by atoms with van der Waals surface area (Å²) in [4.78, 5) is 7.12. The molecule has 0 radical (unpaired) electrons. The molecule has 0 fully saturated rings. The molecule has 0 saturated carbocycles. The first kappa shape index (κ1) is 13.6. The Morgan fingerprint density at radius 1 is 1.28 bits per heavy atom. The smallest absolute Gasteiger partial charge is 0.126 e. The first-order chi connectivity index (χ1) is 8.47. The number of thiophene rings is 1. The first-order valence-corrected chi connectivity index (χ1v) is 7.54. The number of halogens is 1. The molecule has 2 aromatic heterocycles. The topological polar surface area (TPSA) is 24.9 Å². The first-order valence-electron chi connectivity index (χ1n) is 5.93. The summed E-state index contributed by atoms with van der Waals surface area (Å²) in [6.07, 6.45) is 1.84. The van der Waals surface area contributed by atoms with E-state index in [9.17, 15) is 0 Å². The van der Waals surface area contributed by atoms with E-state index in [0.29, 0.717) is 0 Å². The van der Waals surface area contributed by atoms with Crippen LogP contribution in [0, 0.1) is 20.8 Å². The van der Waals surface area contributed by atoms with Crippen LogP contribution in [-0.2, 0) is 0 Å². The van der Waals surface area contributed by atoms with Gasteiger partial charge in [-0.2, -0.15) is 0 Å². The summed E-state index contributed by atoms with van der Waals surface area (Å²) in [6.45, 7) is 8.57. The quantitative estimate of drug-likeness (QED) is 0.858. The standard InChI is InChI=1S/C14H17BrN2S/c1-8-5-14(16-7-13(8)15)17-10(3)12-6-9(2)18-11(12)4/h5-7,10H,1-4H3,(H,16,17). The second-order valence-corrected chi connectivity index (χ2v) is 6.87. The molecule has 96 valence electrons. The zero-order valence-electron chi connectivity index (χ0n) is 11.0. The molecule has 0 aliphatic carbocycles. The third-order valence-corrected chi connectivity index (χ3v) is 4.77. The van der Waals surface area contributed by atoms with Crippen molar-refractivity contribution in [3.8, 4) is 0 Å². The molecule has 2 rings (SSSR count). The fourth-order valence-corrected chi connectivity index (χ4v) is 3.24. The van der Waals surface area contributed by atoms with E-state index in [4.69, 9.17) is 0 Å². The third-order valence-electron chi connectivity index (χ3n) is 2.96. The molecular formula is C14H17BrN2S. The molecule has 0 aliphatic rings. The van der Waals surface area contributed by atoms with Crippen molar-refractivity contribution in [1.29, 1.82) is 0 Å². The molecule has 0 aliphatic heterocycles. The van der Waals surface area contributed by atoms with Crippen LogP contribution in [0.25, 0.3) is 0 Å². The lowest BCUT2D eigenvalue weighted by Gasteiger charge is -2.15. The number of nitrogens with one attached hydrogen (secondary N) is 1. The van der Waals surface area contributed by atoms with Crippen LogP contribution in [0.1, 0.15) is 33.8 Å². The molecule has 2 aromatic rings. The van der Waals surface area contributed by atoms with E-state index in [2.05, 4.69) is 66.1 Å². The van der Waals surface area contributed by atoms with E-state index in [1.807, 2.05) is 17.5 Å². The highest BCUT2D eigenvalue weighted by Gasteiger charge is 2.11. The molecule has 0 aromatic carbocycles. The maximum Gasteiger partial charge on any atom is 0.126 e. The summed E-state index contributed by atoms with van der Waals surface area (Å²) in [5.41, 5.74) is 2.55. The number of hydrogen-bond acceptors (Lipinski definition) is 3. The SMILES string of the molecule is Cc1cc(C(C)Nc2cc(C)c(Br)cn2)c(C)s1. The maximum absolute atomic E-state index is 4.39. The molecule has 4 heteroatoms. The summed E-state index contributed by atoms with van der Waals surface area (Å²) in [7, 11) is 0. The maximum atomic E-state index is 4.39. The molecule has 18 heavy (non-hydrogen) atoms. The largest absolute Gasteiger partial charge is 0.364 e. The highest BCUT2D eigenvalue weighted by Crippen LogP contribution is 2.28. The molecule has 1 unspecified atom stereocenters. The number of rotatable bonds is 3. The fraction of sp³-hybridized carbons (Fsp3) is 0.357. The van der Waals surface area contributed by atoms with Crippen LogP contribution < -0.4 is 5.32 Å². The van der Waals surface area contributed by atoms with Gasteiger partial charge < -0.3 is 5.32 Å². The second kappa shape index (κ2) is 5.41. The highest BCUT2D eigenvalue weighted by molar-refractivity contribution is 9.10. The van der Waals surface area contributed by atoms with Crippen LogP contribution in [0.3, 0.4) is 0 Å². The van der Waals surface area contributed by atoms with Crippen molar-refractivity contribution in [3.63, 3.8) is 0 Å². The third kappa shape index (κ3) is 2.93. The molecular weight excluding hydrogens is 308 g/mol. The van der Waals surface area contributed by atoms with E-state index in [0.717, 1.165) is 10.3 Å². The Hall–Kier alpha value is -0.870. The lowest BCUT2D eigenvalue weighted by atomic mass is 10.1.